The van der Waals surface area contributed by atoms with E-state index >= 15 is 0 Å². The van der Waals surface area contributed by atoms with E-state index < -0.39 is 7.82 Å². The molecule has 34 heavy (non-hydrogen) atoms. The van der Waals surface area contributed by atoms with Crippen LogP contribution in [-0.2, 0) is 48.6 Å². The summed E-state index contributed by atoms with van der Waals surface area (Å²) in [6, 6.07) is 8.33. The molecule has 0 amide bonds. The van der Waals surface area contributed by atoms with Crippen LogP contribution in [0.25, 0.3) is 11.1 Å². The van der Waals surface area contributed by atoms with Crippen molar-refractivity contribution in [3.8, 4) is 22.6 Å². The molecule has 0 saturated heterocycles. The van der Waals surface area contributed by atoms with Crippen LogP contribution in [0.1, 0.15) is 105 Å². The molecule has 2 aromatic carbocycles. The molecule has 0 unspecified atom stereocenters. The van der Waals surface area contributed by atoms with Crippen molar-refractivity contribution in [2.45, 2.75) is 105 Å². The Morgan fingerprint density at radius 1 is 0.588 bits per heavy atom. The molecule has 2 aromatic rings. The Morgan fingerprint density at radius 3 is 1.12 bits per heavy atom. The van der Waals surface area contributed by atoms with Crippen LogP contribution in [0.3, 0.4) is 0 Å². The zero-order chi connectivity index (χ0) is 25.4. The van der Waals surface area contributed by atoms with Gasteiger partial charge in [0.15, 0.2) is 0 Å². The monoisotopic (exact) mass is 578 g/mol. The van der Waals surface area contributed by atoms with Crippen LogP contribution >= 0.6 is 7.82 Å². The minimum Gasteiger partial charge on any atom is -0.736 e. The van der Waals surface area contributed by atoms with Crippen molar-refractivity contribution >= 4 is 7.82 Å². The molecule has 192 valence electrons. The van der Waals surface area contributed by atoms with Crippen LogP contribution in [0.15, 0.2) is 24.3 Å². The number of hydrogen-bond donors (Lipinski definition) is 0. The minimum absolute atomic E-state index is 0. The largest absolute Gasteiger partial charge is 1.00 e. The Bertz CT molecular complexity index is 1050. The smallest absolute Gasteiger partial charge is 0.736 e. The number of fused-ring (bicyclic) bond motifs is 3. The number of rotatable bonds is 0. The fourth-order valence-corrected chi connectivity index (χ4v) is 4.95. The van der Waals surface area contributed by atoms with Crippen molar-refractivity contribution in [1.82, 2.24) is 0 Å². The van der Waals surface area contributed by atoms with E-state index in [-0.39, 0.29) is 44.0 Å². The van der Waals surface area contributed by atoms with E-state index in [9.17, 15) is 9.46 Å². The molecular formula is C28H40AgO4P. The molecule has 0 aromatic heterocycles. The van der Waals surface area contributed by atoms with Crippen LogP contribution in [0.4, 0.5) is 0 Å². The summed E-state index contributed by atoms with van der Waals surface area (Å²) in [5.41, 5.74) is 4.60. The standard InChI is InChI=1S/C28H41O4P.Ag/c1-25(2,3)17-13-19-20-14-18(26(4,5)6)16-22(28(10,11)12)24(20)32-33(29,30)31-23(19)21(15-17)27(7,8)9;/h13-16H,1-12H3,(H,29,30);/q;+1/p-1. The predicted molar refractivity (Wildman–Crippen MR) is 136 cm³/mol. The van der Waals surface area contributed by atoms with Crippen molar-refractivity contribution < 1.29 is 40.9 Å². The SMILES string of the molecule is CC(C)(C)c1cc2c(c(C(C)(C)C)c1)OP(=O)([O-])Oc1c-2cc(C(C)(C)C)cc1C(C)(C)C.[Ag+]. The van der Waals surface area contributed by atoms with E-state index in [1.807, 2.05) is 0 Å². The zero-order valence-corrected chi connectivity index (χ0v) is 25.1. The zero-order valence-electron chi connectivity index (χ0n) is 22.7. The molecule has 0 aliphatic carbocycles. The summed E-state index contributed by atoms with van der Waals surface area (Å²) in [5.74, 6) is 0.747. The molecule has 1 aliphatic rings. The predicted octanol–water partition coefficient (Wildman–Crippen LogP) is 7.78. The van der Waals surface area contributed by atoms with Gasteiger partial charge in [-0.05, 0) is 44.9 Å². The van der Waals surface area contributed by atoms with Gasteiger partial charge in [-0.3, -0.25) is 0 Å². The van der Waals surface area contributed by atoms with Crippen molar-refractivity contribution in [3.63, 3.8) is 0 Å². The molecule has 0 saturated carbocycles. The van der Waals surface area contributed by atoms with Crippen LogP contribution in [0.5, 0.6) is 11.5 Å². The molecule has 0 N–H and O–H groups in total. The Morgan fingerprint density at radius 2 is 0.882 bits per heavy atom. The molecule has 4 nitrogen and oxygen atoms in total. The number of benzene rings is 2. The average Bonchev–Trinajstić information content (AvgIpc) is 2.68. The second-order valence-electron chi connectivity index (χ2n) is 13.4. The van der Waals surface area contributed by atoms with Gasteiger partial charge in [0.1, 0.15) is 11.5 Å². The van der Waals surface area contributed by atoms with E-state index in [0.717, 1.165) is 33.4 Å². The minimum atomic E-state index is -4.65. The first-order valence-electron chi connectivity index (χ1n) is 11.7. The molecule has 0 bridgehead atoms. The van der Waals surface area contributed by atoms with Gasteiger partial charge >= 0.3 is 30.2 Å². The van der Waals surface area contributed by atoms with E-state index in [1.165, 1.54) is 0 Å². The summed E-state index contributed by atoms with van der Waals surface area (Å²) in [6.45, 7) is 25.5. The van der Waals surface area contributed by atoms with Gasteiger partial charge in [-0.15, -0.1) is 0 Å². The Kier molecular flexibility index (Phi) is 7.57. The van der Waals surface area contributed by atoms with Gasteiger partial charge in [-0.25, -0.2) is 4.57 Å². The van der Waals surface area contributed by atoms with Gasteiger partial charge in [-0.2, -0.15) is 0 Å². The normalized spacial score (nSPS) is 15.8. The Labute approximate surface area is 222 Å². The number of phosphoric acid groups is 1. The summed E-state index contributed by atoms with van der Waals surface area (Å²) in [6.07, 6.45) is 0. The van der Waals surface area contributed by atoms with E-state index in [0.29, 0.717) is 11.5 Å². The van der Waals surface area contributed by atoms with E-state index in [2.05, 4.69) is 107 Å². The molecular weight excluding hydrogens is 539 g/mol. The van der Waals surface area contributed by atoms with Gasteiger partial charge in [0.2, 0.25) is 0 Å². The fraction of sp³-hybridized carbons (Fsp3) is 0.571. The maximum atomic E-state index is 13.1. The number of hydrogen-bond acceptors (Lipinski definition) is 4. The van der Waals surface area contributed by atoms with Gasteiger partial charge in [0, 0.05) is 22.3 Å². The van der Waals surface area contributed by atoms with Crippen LogP contribution in [0, 0.1) is 0 Å². The van der Waals surface area contributed by atoms with Crippen molar-refractivity contribution in [1.29, 1.82) is 0 Å². The third kappa shape index (κ3) is 5.85. The first kappa shape index (κ1) is 29.2. The van der Waals surface area contributed by atoms with Crippen molar-refractivity contribution in [3.05, 3.63) is 46.5 Å². The summed E-state index contributed by atoms with van der Waals surface area (Å²) < 4.78 is 24.5. The third-order valence-electron chi connectivity index (χ3n) is 6.22. The molecule has 0 radical (unpaired) electrons. The van der Waals surface area contributed by atoms with Gasteiger partial charge in [-0.1, -0.05) is 95.2 Å². The molecule has 0 fully saturated rings. The van der Waals surface area contributed by atoms with Crippen molar-refractivity contribution in [2.24, 2.45) is 0 Å². The fourth-order valence-electron chi connectivity index (χ4n) is 4.08. The van der Waals surface area contributed by atoms with Crippen LogP contribution in [0.2, 0.25) is 0 Å². The van der Waals surface area contributed by atoms with Gasteiger partial charge in [0.25, 0.3) is 0 Å². The molecule has 0 spiro atoms. The Hall–Kier alpha value is -1.03. The molecule has 0 atom stereocenters. The molecule has 3 rings (SSSR count). The van der Waals surface area contributed by atoms with Crippen LogP contribution < -0.4 is 13.9 Å². The number of phosphoric ester groups is 1. The second kappa shape index (κ2) is 8.82. The summed E-state index contributed by atoms with van der Waals surface area (Å²) in [7, 11) is -4.65. The maximum Gasteiger partial charge on any atom is 1.00 e. The van der Waals surface area contributed by atoms with Crippen molar-refractivity contribution in [2.75, 3.05) is 0 Å². The molecule has 1 aliphatic heterocycles. The average molecular weight is 579 g/mol. The van der Waals surface area contributed by atoms with E-state index in [4.69, 9.17) is 9.05 Å². The first-order chi connectivity index (χ1) is 14.6. The van der Waals surface area contributed by atoms with E-state index in [1.54, 1.807) is 0 Å². The summed E-state index contributed by atoms with van der Waals surface area (Å²) in [5, 5.41) is 0. The van der Waals surface area contributed by atoms with Gasteiger partial charge < -0.3 is 13.9 Å². The van der Waals surface area contributed by atoms with Crippen LogP contribution in [-0.4, -0.2) is 0 Å². The summed E-state index contributed by atoms with van der Waals surface area (Å²) in [4.78, 5) is 13.1. The first-order valence-corrected chi connectivity index (χ1v) is 13.2. The topological polar surface area (TPSA) is 58.6 Å². The second-order valence-corrected chi connectivity index (χ2v) is 14.7. The maximum absolute atomic E-state index is 13.1. The third-order valence-corrected chi connectivity index (χ3v) is 7.03. The van der Waals surface area contributed by atoms with Gasteiger partial charge in [0.05, 0.1) is 0 Å². The molecule has 6 heteroatoms. The summed E-state index contributed by atoms with van der Waals surface area (Å²) >= 11 is 0. The quantitative estimate of drug-likeness (QED) is 0.236. The molecule has 1 heterocycles. The Balaban J connectivity index is 0.00000408.